The zero-order chi connectivity index (χ0) is 22.1. The van der Waals surface area contributed by atoms with Gasteiger partial charge in [-0.3, -0.25) is 4.79 Å². The van der Waals surface area contributed by atoms with Crippen molar-refractivity contribution in [3.05, 3.63) is 71.0 Å². The third-order valence-corrected chi connectivity index (χ3v) is 4.72. The number of halogens is 1. The van der Waals surface area contributed by atoms with E-state index in [1.54, 1.807) is 31.2 Å². The molecule has 1 heterocycles. The molecule has 1 N–H and O–H groups in total. The maximum absolute atomic E-state index is 12.7. The second-order valence-electron chi connectivity index (χ2n) is 6.61. The SMILES string of the molecule is CCC(NC(=O)OCc1ccccc1)C(=O)Cn1nnnc1COc1ccccc1Cl. The molecule has 162 valence electrons. The highest BCUT2D eigenvalue weighted by Gasteiger charge is 2.22. The van der Waals surface area contributed by atoms with E-state index in [1.165, 1.54) is 4.68 Å². The van der Waals surface area contributed by atoms with E-state index in [2.05, 4.69) is 20.8 Å². The highest BCUT2D eigenvalue weighted by atomic mass is 35.5. The van der Waals surface area contributed by atoms with E-state index in [1.807, 2.05) is 30.3 Å². The van der Waals surface area contributed by atoms with Crippen LogP contribution >= 0.6 is 11.6 Å². The molecule has 0 bridgehead atoms. The van der Waals surface area contributed by atoms with E-state index in [0.717, 1.165) is 5.56 Å². The Morgan fingerprint density at radius 1 is 1.10 bits per heavy atom. The topological polar surface area (TPSA) is 108 Å². The van der Waals surface area contributed by atoms with Crippen molar-refractivity contribution in [2.24, 2.45) is 0 Å². The van der Waals surface area contributed by atoms with Gasteiger partial charge in [0, 0.05) is 0 Å². The van der Waals surface area contributed by atoms with Gasteiger partial charge in [0.1, 0.15) is 25.5 Å². The lowest BCUT2D eigenvalue weighted by Gasteiger charge is -2.16. The number of rotatable bonds is 10. The number of alkyl carbamates (subject to hydrolysis) is 1. The molecule has 31 heavy (non-hydrogen) atoms. The molecule has 2 aromatic carbocycles. The molecule has 0 radical (unpaired) electrons. The molecular formula is C21H22ClN5O4. The van der Waals surface area contributed by atoms with Crippen molar-refractivity contribution in [2.45, 2.75) is 39.1 Å². The van der Waals surface area contributed by atoms with Crippen LogP contribution in [0, 0.1) is 0 Å². The average Bonchev–Trinajstić information content (AvgIpc) is 3.23. The number of ketones is 1. The molecule has 0 aliphatic rings. The summed E-state index contributed by atoms with van der Waals surface area (Å²) in [5.41, 5.74) is 0.855. The molecule has 3 rings (SSSR count). The van der Waals surface area contributed by atoms with Crippen LogP contribution in [-0.4, -0.2) is 38.1 Å². The van der Waals surface area contributed by atoms with Gasteiger partial charge in [0.15, 0.2) is 11.6 Å². The number of nitrogens with zero attached hydrogens (tertiary/aromatic N) is 4. The molecule has 0 aliphatic heterocycles. The Hall–Kier alpha value is -3.46. The molecule has 0 saturated carbocycles. The van der Waals surface area contributed by atoms with Gasteiger partial charge in [0.25, 0.3) is 0 Å². The van der Waals surface area contributed by atoms with Gasteiger partial charge in [0.2, 0.25) is 0 Å². The van der Waals surface area contributed by atoms with E-state index in [-0.39, 0.29) is 25.5 Å². The summed E-state index contributed by atoms with van der Waals surface area (Å²) in [6.07, 6.45) is -0.268. The number of carbonyl (C=O) groups is 2. The maximum atomic E-state index is 12.7. The first-order valence-corrected chi connectivity index (χ1v) is 10.1. The lowest BCUT2D eigenvalue weighted by atomic mass is 10.1. The van der Waals surface area contributed by atoms with Gasteiger partial charge in [-0.2, -0.15) is 0 Å². The van der Waals surface area contributed by atoms with Crippen molar-refractivity contribution in [3.63, 3.8) is 0 Å². The fraction of sp³-hybridized carbons (Fsp3) is 0.286. The second-order valence-corrected chi connectivity index (χ2v) is 7.01. The van der Waals surface area contributed by atoms with Gasteiger partial charge in [-0.25, -0.2) is 9.48 Å². The smallest absolute Gasteiger partial charge is 0.408 e. The third-order valence-electron chi connectivity index (χ3n) is 4.41. The number of amides is 1. The Morgan fingerprint density at radius 2 is 1.84 bits per heavy atom. The second kappa shape index (κ2) is 11.1. The average molecular weight is 444 g/mol. The predicted octanol–water partition coefficient (Wildman–Crippen LogP) is 3.18. The van der Waals surface area contributed by atoms with E-state index >= 15 is 0 Å². The fourth-order valence-corrected chi connectivity index (χ4v) is 2.92. The molecule has 10 heteroatoms. The van der Waals surface area contributed by atoms with Gasteiger partial charge in [-0.1, -0.05) is 61.0 Å². The molecule has 0 fully saturated rings. The summed E-state index contributed by atoms with van der Waals surface area (Å²) in [6, 6.07) is 15.6. The first kappa shape index (κ1) is 22.2. The Labute approximate surface area is 184 Å². The van der Waals surface area contributed by atoms with Crippen molar-refractivity contribution in [2.75, 3.05) is 0 Å². The number of tetrazole rings is 1. The summed E-state index contributed by atoms with van der Waals surface area (Å²) in [7, 11) is 0. The molecule has 0 aliphatic carbocycles. The van der Waals surface area contributed by atoms with Crippen molar-refractivity contribution in [1.29, 1.82) is 0 Å². The highest BCUT2D eigenvalue weighted by molar-refractivity contribution is 6.32. The minimum atomic E-state index is -0.732. The van der Waals surface area contributed by atoms with E-state index < -0.39 is 12.1 Å². The van der Waals surface area contributed by atoms with E-state index in [9.17, 15) is 9.59 Å². The Balaban J connectivity index is 1.53. The van der Waals surface area contributed by atoms with Crippen LogP contribution in [0.3, 0.4) is 0 Å². The van der Waals surface area contributed by atoms with Crippen molar-refractivity contribution in [1.82, 2.24) is 25.5 Å². The minimum Gasteiger partial charge on any atom is -0.484 e. The summed E-state index contributed by atoms with van der Waals surface area (Å²) < 4.78 is 12.2. The van der Waals surface area contributed by atoms with Gasteiger partial charge in [-0.05, 0) is 34.5 Å². The third kappa shape index (κ3) is 6.51. The van der Waals surface area contributed by atoms with Crippen molar-refractivity contribution < 1.29 is 19.1 Å². The Kier molecular flexibility index (Phi) is 7.94. The molecule has 0 saturated heterocycles. The van der Waals surface area contributed by atoms with E-state index in [4.69, 9.17) is 21.1 Å². The van der Waals surface area contributed by atoms with Gasteiger partial charge < -0.3 is 14.8 Å². The van der Waals surface area contributed by atoms with Crippen molar-refractivity contribution >= 4 is 23.5 Å². The number of para-hydroxylation sites is 1. The van der Waals surface area contributed by atoms with Crippen molar-refractivity contribution in [3.8, 4) is 5.75 Å². The standard InChI is InChI=1S/C21H22ClN5O4/c1-2-17(23-21(29)31-13-15-8-4-3-5-9-15)18(28)12-27-20(24-25-26-27)14-30-19-11-7-6-10-16(19)22/h3-11,17H,2,12-14H2,1H3,(H,23,29). The minimum absolute atomic E-state index is 0.0351. The van der Waals surface area contributed by atoms with Gasteiger partial charge in [-0.15, -0.1) is 5.10 Å². The van der Waals surface area contributed by atoms with Gasteiger partial charge in [0.05, 0.1) is 11.1 Å². The number of carbonyl (C=O) groups excluding carboxylic acids is 2. The number of Topliss-reactive ketones (excluding diaryl/α,β-unsaturated/α-hetero) is 1. The van der Waals surface area contributed by atoms with Crippen LogP contribution in [0.4, 0.5) is 4.79 Å². The summed E-state index contributed by atoms with van der Waals surface area (Å²) in [6.45, 7) is 1.83. The summed E-state index contributed by atoms with van der Waals surface area (Å²) in [5.74, 6) is 0.583. The number of benzene rings is 2. The normalized spacial score (nSPS) is 11.5. The predicted molar refractivity (Wildman–Crippen MR) is 112 cm³/mol. The molecular weight excluding hydrogens is 422 g/mol. The zero-order valence-corrected chi connectivity index (χ0v) is 17.7. The van der Waals surface area contributed by atoms with Crippen LogP contribution in [0.2, 0.25) is 5.02 Å². The van der Waals surface area contributed by atoms with Gasteiger partial charge >= 0.3 is 6.09 Å². The lowest BCUT2D eigenvalue weighted by molar-refractivity contribution is -0.121. The molecule has 1 unspecified atom stereocenters. The van der Waals surface area contributed by atoms with Crippen LogP contribution in [0.15, 0.2) is 54.6 Å². The maximum Gasteiger partial charge on any atom is 0.408 e. The Morgan fingerprint density at radius 3 is 2.58 bits per heavy atom. The number of nitrogens with one attached hydrogen (secondary N) is 1. The molecule has 1 atom stereocenters. The lowest BCUT2D eigenvalue weighted by Crippen LogP contribution is -2.42. The zero-order valence-electron chi connectivity index (χ0n) is 16.9. The quantitative estimate of drug-likeness (QED) is 0.512. The van der Waals surface area contributed by atoms with Crippen LogP contribution in [0.1, 0.15) is 24.7 Å². The van der Waals surface area contributed by atoms with Crippen LogP contribution in [-0.2, 0) is 29.3 Å². The fourth-order valence-electron chi connectivity index (χ4n) is 2.73. The van der Waals surface area contributed by atoms with Crippen LogP contribution < -0.4 is 10.1 Å². The molecule has 3 aromatic rings. The van der Waals surface area contributed by atoms with Crippen LogP contribution in [0.25, 0.3) is 0 Å². The monoisotopic (exact) mass is 443 g/mol. The number of ether oxygens (including phenoxy) is 2. The molecule has 1 aromatic heterocycles. The molecule has 0 spiro atoms. The highest BCUT2D eigenvalue weighted by Crippen LogP contribution is 2.23. The van der Waals surface area contributed by atoms with Crippen LogP contribution in [0.5, 0.6) is 5.75 Å². The summed E-state index contributed by atoms with van der Waals surface area (Å²) >= 11 is 6.07. The summed E-state index contributed by atoms with van der Waals surface area (Å²) in [4.78, 5) is 24.8. The number of hydrogen-bond acceptors (Lipinski definition) is 7. The number of aromatic nitrogens is 4. The number of hydrogen-bond donors (Lipinski definition) is 1. The molecule has 1 amide bonds. The molecule has 9 nitrogen and oxygen atoms in total. The van der Waals surface area contributed by atoms with E-state index in [0.29, 0.717) is 23.0 Å². The largest absolute Gasteiger partial charge is 0.484 e. The summed E-state index contributed by atoms with van der Waals surface area (Å²) in [5, 5.41) is 14.4. The first-order valence-electron chi connectivity index (χ1n) is 9.69. The first-order chi connectivity index (χ1) is 15.1. The Bertz CT molecular complexity index is 1010.